The first-order valence-electron chi connectivity index (χ1n) is 6.80. The van der Waals surface area contributed by atoms with E-state index >= 15 is 0 Å². The molecule has 2 aromatic carbocycles. The largest absolute Gasteiger partial charge is 0.457 e. The monoisotopic (exact) mass is 349 g/mol. The fraction of sp³-hybridized carbons (Fsp3) is 0.0667. The van der Waals surface area contributed by atoms with Crippen LogP contribution in [0.4, 0.5) is 14.5 Å². The van der Waals surface area contributed by atoms with Gasteiger partial charge in [0.1, 0.15) is 11.5 Å². The van der Waals surface area contributed by atoms with Crippen LogP contribution >= 0.6 is 0 Å². The van der Waals surface area contributed by atoms with Crippen LogP contribution in [0.25, 0.3) is 11.5 Å². The Hall–Kier alpha value is -3.56. The van der Waals surface area contributed by atoms with E-state index in [4.69, 9.17) is 9.15 Å². The van der Waals surface area contributed by atoms with E-state index in [9.17, 15) is 18.9 Å². The van der Waals surface area contributed by atoms with Gasteiger partial charge in [-0.2, -0.15) is 8.78 Å². The van der Waals surface area contributed by atoms with E-state index in [0.717, 1.165) is 12.1 Å². The maximum absolute atomic E-state index is 12.4. The number of hydrogen-bond acceptors (Lipinski definition) is 7. The molecule has 0 saturated heterocycles. The second-order valence-corrected chi connectivity index (χ2v) is 4.64. The molecule has 25 heavy (non-hydrogen) atoms. The SMILES string of the molecule is O=[N+]([O-])c1ccc(Oc2ccc(-c3nnco3)cc2)cc1OC(F)F. The smallest absolute Gasteiger partial charge is 0.387 e. The van der Waals surface area contributed by atoms with E-state index in [-0.39, 0.29) is 5.75 Å². The van der Waals surface area contributed by atoms with Crippen molar-refractivity contribution < 1.29 is 27.6 Å². The molecule has 8 nitrogen and oxygen atoms in total. The molecule has 0 fully saturated rings. The molecule has 0 aliphatic heterocycles. The molecule has 0 radical (unpaired) electrons. The van der Waals surface area contributed by atoms with Gasteiger partial charge in [-0.25, -0.2) is 0 Å². The van der Waals surface area contributed by atoms with Crippen LogP contribution in [-0.4, -0.2) is 21.7 Å². The molecule has 0 spiro atoms. The van der Waals surface area contributed by atoms with Crippen molar-refractivity contribution in [3.8, 4) is 28.7 Å². The van der Waals surface area contributed by atoms with Crippen molar-refractivity contribution in [2.75, 3.05) is 0 Å². The predicted octanol–water partition coefficient (Wildman–Crippen LogP) is 4.04. The highest BCUT2D eigenvalue weighted by atomic mass is 19.3. The molecular weight excluding hydrogens is 340 g/mol. The zero-order valence-corrected chi connectivity index (χ0v) is 12.3. The van der Waals surface area contributed by atoms with Crippen molar-refractivity contribution in [1.29, 1.82) is 0 Å². The lowest BCUT2D eigenvalue weighted by molar-refractivity contribution is -0.386. The Labute approximate surface area is 138 Å². The second-order valence-electron chi connectivity index (χ2n) is 4.64. The van der Waals surface area contributed by atoms with Crippen LogP contribution in [0.3, 0.4) is 0 Å². The minimum Gasteiger partial charge on any atom is -0.457 e. The zero-order valence-electron chi connectivity index (χ0n) is 12.3. The lowest BCUT2D eigenvalue weighted by Crippen LogP contribution is -2.04. The third-order valence-electron chi connectivity index (χ3n) is 3.04. The summed E-state index contributed by atoms with van der Waals surface area (Å²) >= 11 is 0. The van der Waals surface area contributed by atoms with Gasteiger partial charge in [-0.1, -0.05) is 0 Å². The Bertz CT molecular complexity index is 869. The summed E-state index contributed by atoms with van der Waals surface area (Å²) in [6.45, 7) is -3.19. The van der Waals surface area contributed by atoms with E-state index in [1.165, 1.54) is 12.5 Å². The van der Waals surface area contributed by atoms with Crippen molar-refractivity contribution in [3.05, 3.63) is 59.0 Å². The van der Waals surface area contributed by atoms with Crippen molar-refractivity contribution in [2.24, 2.45) is 0 Å². The molecule has 0 atom stereocenters. The third-order valence-corrected chi connectivity index (χ3v) is 3.04. The molecule has 0 aliphatic rings. The number of nitro benzene ring substituents is 1. The van der Waals surface area contributed by atoms with Crippen LogP contribution in [0.1, 0.15) is 0 Å². The molecule has 3 aromatic rings. The average Bonchev–Trinajstić information content (AvgIpc) is 3.09. The van der Waals surface area contributed by atoms with Gasteiger partial charge in [0.2, 0.25) is 18.0 Å². The maximum atomic E-state index is 12.4. The fourth-order valence-electron chi connectivity index (χ4n) is 2.00. The highest BCUT2D eigenvalue weighted by Gasteiger charge is 2.19. The van der Waals surface area contributed by atoms with E-state index < -0.39 is 23.0 Å². The molecule has 1 aromatic heterocycles. The number of nitro groups is 1. The standard InChI is InChI=1S/C15H9F2N3O5/c16-15(17)25-13-7-11(5-6-12(13)20(21)22)24-10-3-1-9(2-4-10)14-19-18-8-23-14/h1-8,15H. The zero-order chi connectivity index (χ0) is 17.8. The molecule has 0 saturated carbocycles. The van der Waals surface area contributed by atoms with E-state index in [1.807, 2.05) is 0 Å². The number of alkyl halides is 2. The van der Waals surface area contributed by atoms with Gasteiger partial charge in [-0.15, -0.1) is 10.2 Å². The molecule has 0 unspecified atom stereocenters. The normalized spacial score (nSPS) is 10.7. The number of hydrogen-bond donors (Lipinski definition) is 0. The molecule has 1 heterocycles. The summed E-state index contributed by atoms with van der Waals surface area (Å²) < 4.78 is 39.5. The number of ether oxygens (including phenoxy) is 2. The number of halogens is 2. The van der Waals surface area contributed by atoms with Gasteiger partial charge < -0.3 is 13.9 Å². The van der Waals surface area contributed by atoms with Gasteiger partial charge in [0.05, 0.1) is 4.92 Å². The number of benzene rings is 2. The van der Waals surface area contributed by atoms with Crippen molar-refractivity contribution >= 4 is 5.69 Å². The van der Waals surface area contributed by atoms with Crippen LogP contribution in [0.15, 0.2) is 53.3 Å². The lowest BCUT2D eigenvalue weighted by Gasteiger charge is -2.09. The van der Waals surface area contributed by atoms with Gasteiger partial charge in [-0.05, 0) is 30.3 Å². The van der Waals surface area contributed by atoms with Crippen LogP contribution in [0.2, 0.25) is 0 Å². The Balaban J connectivity index is 1.81. The second kappa shape index (κ2) is 6.91. The lowest BCUT2D eigenvalue weighted by atomic mass is 10.2. The molecular formula is C15H9F2N3O5. The Morgan fingerprint density at radius 3 is 2.44 bits per heavy atom. The summed E-state index contributed by atoms with van der Waals surface area (Å²) in [5.74, 6) is 0.224. The quantitative estimate of drug-likeness (QED) is 0.489. The first-order valence-corrected chi connectivity index (χ1v) is 6.80. The fourth-order valence-corrected chi connectivity index (χ4v) is 2.00. The topological polar surface area (TPSA) is 101 Å². The van der Waals surface area contributed by atoms with Crippen LogP contribution in [-0.2, 0) is 0 Å². The highest BCUT2D eigenvalue weighted by molar-refractivity contribution is 5.55. The van der Waals surface area contributed by atoms with Crippen LogP contribution in [0, 0.1) is 10.1 Å². The van der Waals surface area contributed by atoms with Crippen molar-refractivity contribution in [3.63, 3.8) is 0 Å². The maximum Gasteiger partial charge on any atom is 0.387 e. The highest BCUT2D eigenvalue weighted by Crippen LogP contribution is 2.34. The van der Waals surface area contributed by atoms with E-state index in [0.29, 0.717) is 17.2 Å². The third kappa shape index (κ3) is 3.86. The first kappa shape index (κ1) is 16.3. The average molecular weight is 349 g/mol. The van der Waals surface area contributed by atoms with Gasteiger partial charge >= 0.3 is 12.3 Å². The van der Waals surface area contributed by atoms with Gasteiger partial charge in [0.15, 0.2) is 0 Å². The minimum absolute atomic E-state index is 0.104. The van der Waals surface area contributed by atoms with Crippen LogP contribution < -0.4 is 9.47 Å². The number of rotatable bonds is 6. The Morgan fingerprint density at radius 2 is 1.84 bits per heavy atom. The summed E-state index contributed by atoms with van der Waals surface area (Å²) in [4.78, 5) is 10.0. The number of nitrogens with zero attached hydrogens (tertiary/aromatic N) is 3. The Kier molecular flexibility index (Phi) is 4.50. The van der Waals surface area contributed by atoms with Gasteiger partial charge in [0, 0.05) is 17.7 Å². The summed E-state index contributed by atoms with van der Waals surface area (Å²) in [6, 6.07) is 9.83. The summed E-state index contributed by atoms with van der Waals surface area (Å²) in [5, 5.41) is 18.2. The predicted molar refractivity (Wildman–Crippen MR) is 79.5 cm³/mol. The number of aromatic nitrogens is 2. The first-order chi connectivity index (χ1) is 12.0. The summed E-state index contributed by atoms with van der Waals surface area (Å²) in [6.07, 6.45) is 1.20. The molecule has 3 rings (SSSR count). The molecule has 10 heteroatoms. The van der Waals surface area contributed by atoms with Crippen molar-refractivity contribution in [2.45, 2.75) is 6.61 Å². The van der Waals surface area contributed by atoms with Crippen molar-refractivity contribution in [1.82, 2.24) is 10.2 Å². The summed E-state index contributed by atoms with van der Waals surface area (Å²) in [5.41, 5.74) is 0.0784. The molecule has 0 N–H and O–H groups in total. The van der Waals surface area contributed by atoms with Gasteiger partial charge in [-0.3, -0.25) is 10.1 Å². The molecule has 0 bridgehead atoms. The summed E-state index contributed by atoms with van der Waals surface area (Å²) in [7, 11) is 0. The minimum atomic E-state index is -3.19. The van der Waals surface area contributed by atoms with Gasteiger partial charge in [0.25, 0.3) is 0 Å². The molecule has 0 aliphatic carbocycles. The van der Waals surface area contributed by atoms with Crippen LogP contribution in [0.5, 0.6) is 17.2 Å². The van der Waals surface area contributed by atoms with E-state index in [2.05, 4.69) is 14.9 Å². The Morgan fingerprint density at radius 1 is 1.12 bits per heavy atom. The molecule has 128 valence electrons. The van der Waals surface area contributed by atoms with E-state index in [1.54, 1.807) is 24.3 Å². The molecule has 0 amide bonds.